The Morgan fingerprint density at radius 1 is 1.29 bits per heavy atom. The van der Waals surface area contributed by atoms with Gasteiger partial charge in [-0.3, -0.25) is 9.59 Å². The van der Waals surface area contributed by atoms with Gasteiger partial charge in [-0.05, 0) is 36.8 Å². The Morgan fingerprint density at radius 2 is 2.05 bits per heavy atom. The van der Waals surface area contributed by atoms with Gasteiger partial charge in [-0.15, -0.1) is 0 Å². The molecule has 5 heteroatoms. The van der Waals surface area contributed by atoms with Crippen LogP contribution in [0.15, 0.2) is 42.5 Å². The zero-order chi connectivity index (χ0) is 15.2. The Balaban J connectivity index is 1.99. The van der Waals surface area contributed by atoms with Gasteiger partial charge in [0.2, 0.25) is 0 Å². The number of nitrogens with one attached hydrogen (secondary N) is 1. The van der Waals surface area contributed by atoms with Crippen LogP contribution >= 0.6 is 11.6 Å². The molecule has 2 rings (SSSR count). The number of anilines is 1. The molecule has 0 aliphatic carbocycles. The molecule has 0 saturated heterocycles. The highest BCUT2D eigenvalue weighted by Crippen LogP contribution is 2.21. The van der Waals surface area contributed by atoms with Crippen LogP contribution in [-0.2, 0) is 4.79 Å². The molecule has 0 saturated carbocycles. The highest BCUT2D eigenvalue weighted by Gasteiger charge is 2.08. The summed E-state index contributed by atoms with van der Waals surface area (Å²) in [6.45, 7) is 1.72. The Morgan fingerprint density at radius 3 is 2.76 bits per heavy atom. The lowest BCUT2D eigenvalue weighted by molar-refractivity contribution is -0.118. The highest BCUT2D eigenvalue weighted by molar-refractivity contribution is 6.30. The normalized spacial score (nSPS) is 10.0. The molecule has 0 aliphatic rings. The van der Waals surface area contributed by atoms with Gasteiger partial charge in [-0.2, -0.15) is 0 Å². The zero-order valence-corrected chi connectivity index (χ0v) is 12.2. The second-order valence-corrected chi connectivity index (χ2v) is 4.89. The minimum atomic E-state index is -0.295. The number of para-hydroxylation sites is 1. The number of rotatable bonds is 5. The number of carbonyl (C=O) groups excluding carboxylic acids is 2. The molecule has 0 aliphatic heterocycles. The van der Waals surface area contributed by atoms with Gasteiger partial charge < -0.3 is 10.1 Å². The monoisotopic (exact) mass is 303 g/mol. The maximum Gasteiger partial charge on any atom is 0.262 e. The van der Waals surface area contributed by atoms with Crippen LogP contribution in [0.4, 0.5) is 5.69 Å². The summed E-state index contributed by atoms with van der Waals surface area (Å²) in [6.07, 6.45) is 0.639. The molecule has 108 valence electrons. The average Bonchev–Trinajstić information content (AvgIpc) is 2.48. The number of aryl methyl sites for hydroxylation is 1. The molecule has 2 aromatic rings. The van der Waals surface area contributed by atoms with Gasteiger partial charge in [0.25, 0.3) is 5.91 Å². The van der Waals surface area contributed by atoms with E-state index in [1.807, 2.05) is 31.2 Å². The van der Waals surface area contributed by atoms with Crippen LogP contribution in [0, 0.1) is 6.92 Å². The van der Waals surface area contributed by atoms with Crippen molar-refractivity contribution in [2.75, 3.05) is 11.9 Å². The summed E-state index contributed by atoms with van der Waals surface area (Å²) in [4.78, 5) is 22.8. The topological polar surface area (TPSA) is 55.4 Å². The fraction of sp³-hybridized carbons (Fsp3) is 0.125. The summed E-state index contributed by atoms with van der Waals surface area (Å²) in [7, 11) is 0. The largest absolute Gasteiger partial charge is 0.483 e. The number of ether oxygens (including phenoxy) is 1. The van der Waals surface area contributed by atoms with Gasteiger partial charge in [0.1, 0.15) is 5.75 Å². The molecule has 0 fully saturated rings. The van der Waals surface area contributed by atoms with E-state index in [9.17, 15) is 9.59 Å². The third-order valence-electron chi connectivity index (χ3n) is 2.88. The van der Waals surface area contributed by atoms with Crippen molar-refractivity contribution in [3.05, 3.63) is 58.6 Å². The van der Waals surface area contributed by atoms with Crippen molar-refractivity contribution in [1.29, 1.82) is 0 Å². The maximum atomic E-state index is 11.9. The second-order valence-electron chi connectivity index (χ2n) is 4.45. The summed E-state index contributed by atoms with van der Waals surface area (Å²) < 4.78 is 5.35. The van der Waals surface area contributed by atoms with Crippen molar-refractivity contribution >= 4 is 29.5 Å². The molecule has 2 aromatic carbocycles. The molecule has 0 heterocycles. The van der Waals surface area contributed by atoms with Gasteiger partial charge in [0.05, 0.1) is 5.56 Å². The highest BCUT2D eigenvalue weighted by atomic mass is 35.5. The number of aldehydes is 1. The van der Waals surface area contributed by atoms with Crippen molar-refractivity contribution in [3.63, 3.8) is 0 Å². The number of benzene rings is 2. The van der Waals surface area contributed by atoms with Crippen molar-refractivity contribution in [1.82, 2.24) is 0 Å². The average molecular weight is 304 g/mol. The predicted molar refractivity (Wildman–Crippen MR) is 82.1 cm³/mol. The molecule has 0 atom stereocenters. The first kappa shape index (κ1) is 15.1. The molecule has 1 amide bonds. The van der Waals surface area contributed by atoms with Gasteiger partial charge >= 0.3 is 0 Å². The number of hydrogen-bond acceptors (Lipinski definition) is 3. The van der Waals surface area contributed by atoms with E-state index in [1.54, 1.807) is 12.1 Å². The molecule has 1 N–H and O–H groups in total. The summed E-state index contributed by atoms with van der Waals surface area (Å²) >= 11 is 5.79. The molecule has 0 unspecified atom stereocenters. The van der Waals surface area contributed by atoms with E-state index in [-0.39, 0.29) is 12.5 Å². The Bertz CT molecular complexity index is 670. The van der Waals surface area contributed by atoms with Gasteiger partial charge in [0.15, 0.2) is 12.9 Å². The lowest BCUT2D eigenvalue weighted by Gasteiger charge is -2.10. The Hall–Kier alpha value is -2.33. The first-order valence-electron chi connectivity index (χ1n) is 6.33. The molecule has 0 aromatic heterocycles. The molecule has 0 bridgehead atoms. The van der Waals surface area contributed by atoms with E-state index < -0.39 is 0 Å². The number of hydrogen-bond donors (Lipinski definition) is 1. The summed E-state index contributed by atoms with van der Waals surface area (Å²) in [5.74, 6) is 0.0328. The standard InChI is InChI=1S/C16H14ClNO3/c1-11-4-2-3-5-14(11)18-16(20)10-21-15-7-6-13(17)8-12(15)9-19/h2-9H,10H2,1H3,(H,18,20). The van der Waals surface area contributed by atoms with E-state index in [0.717, 1.165) is 11.3 Å². The Kier molecular flexibility index (Phi) is 4.95. The summed E-state index contributed by atoms with van der Waals surface area (Å²) in [5.41, 5.74) is 2.01. The Labute approximate surface area is 127 Å². The van der Waals surface area contributed by atoms with Crippen LogP contribution in [0.2, 0.25) is 5.02 Å². The molecule has 4 nitrogen and oxygen atoms in total. The number of halogens is 1. The first-order valence-corrected chi connectivity index (χ1v) is 6.71. The smallest absolute Gasteiger partial charge is 0.262 e. The van der Waals surface area contributed by atoms with E-state index in [2.05, 4.69) is 5.32 Å². The van der Waals surface area contributed by atoms with Gasteiger partial charge in [-0.1, -0.05) is 29.8 Å². The van der Waals surface area contributed by atoms with Crippen LogP contribution in [0.5, 0.6) is 5.75 Å². The third-order valence-corrected chi connectivity index (χ3v) is 3.11. The quantitative estimate of drug-likeness (QED) is 0.860. The maximum absolute atomic E-state index is 11.9. The van der Waals surface area contributed by atoms with Gasteiger partial charge in [0, 0.05) is 10.7 Å². The van der Waals surface area contributed by atoms with Crippen molar-refractivity contribution < 1.29 is 14.3 Å². The van der Waals surface area contributed by atoms with E-state index in [0.29, 0.717) is 22.6 Å². The lowest BCUT2D eigenvalue weighted by Crippen LogP contribution is -2.21. The van der Waals surface area contributed by atoms with Crippen molar-refractivity contribution in [3.8, 4) is 5.75 Å². The molecule has 21 heavy (non-hydrogen) atoms. The van der Waals surface area contributed by atoms with E-state index in [4.69, 9.17) is 16.3 Å². The number of amides is 1. The van der Waals surface area contributed by atoms with E-state index >= 15 is 0 Å². The van der Waals surface area contributed by atoms with E-state index in [1.165, 1.54) is 6.07 Å². The minimum Gasteiger partial charge on any atom is -0.483 e. The molecule has 0 radical (unpaired) electrons. The lowest BCUT2D eigenvalue weighted by atomic mass is 10.2. The SMILES string of the molecule is Cc1ccccc1NC(=O)COc1ccc(Cl)cc1C=O. The van der Waals surface area contributed by atoms with Gasteiger partial charge in [-0.25, -0.2) is 0 Å². The molecular weight excluding hydrogens is 290 g/mol. The predicted octanol–water partition coefficient (Wildman–Crippen LogP) is 3.48. The van der Waals surface area contributed by atoms with Crippen LogP contribution in [-0.4, -0.2) is 18.8 Å². The summed E-state index contributed by atoms with van der Waals surface area (Å²) in [5, 5.41) is 3.19. The van der Waals surface area contributed by atoms with Crippen molar-refractivity contribution in [2.24, 2.45) is 0 Å². The molecule has 0 spiro atoms. The van der Waals surface area contributed by atoms with Crippen molar-refractivity contribution in [2.45, 2.75) is 6.92 Å². The van der Waals surface area contributed by atoms with Crippen LogP contribution in [0.1, 0.15) is 15.9 Å². The summed E-state index contributed by atoms with van der Waals surface area (Å²) in [6, 6.07) is 12.1. The fourth-order valence-electron chi connectivity index (χ4n) is 1.79. The molecular formula is C16H14ClNO3. The minimum absolute atomic E-state index is 0.184. The first-order chi connectivity index (χ1) is 10.1. The van der Waals surface area contributed by atoms with Crippen LogP contribution in [0.25, 0.3) is 0 Å². The second kappa shape index (κ2) is 6.90. The zero-order valence-electron chi connectivity index (χ0n) is 11.4. The number of carbonyl (C=O) groups is 2. The van der Waals surface area contributed by atoms with Crippen LogP contribution in [0.3, 0.4) is 0 Å². The third kappa shape index (κ3) is 4.07. The van der Waals surface area contributed by atoms with Crippen LogP contribution < -0.4 is 10.1 Å². The fourth-order valence-corrected chi connectivity index (χ4v) is 1.97.